The highest BCUT2D eigenvalue weighted by molar-refractivity contribution is 9.10. The molecule has 0 radical (unpaired) electrons. The van der Waals surface area contributed by atoms with Gasteiger partial charge in [0.2, 0.25) is 0 Å². The van der Waals surface area contributed by atoms with E-state index in [1.54, 1.807) is 17.0 Å². The Bertz CT molecular complexity index is 893. The van der Waals surface area contributed by atoms with Crippen LogP contribution in [0, 0.1) is 5.82 Å². The minimum absolute atomic E-state index is 0.0797. The molecule has 0 atom stereocenters. The fourth-order valence-electron chi connectivity index (χ4n) is 3.50. The Hall–Kier alpha value is -2.28. The summed E-state index contributed by atoms with van der Waals surface area (Å²) in [6.45, 7) is 9.99. The van der Waals surface area contributed by atoms with Crippen molar-refractivity contribution in [3.8, 4) is 5.75 Å². The Kier molecular flexibility index (Phi) is 7.81. The maximum atomic E-state index is 13.9. The summed E-state index contributed by atoms with van der Waals surface area (Å²) in [5.74, 6) is 0.587. The van der Waals surface area contributed by atoms with Gasteiger partial charge in [-0.1, -0.05) is 39.0 Å². The number of benzene rings is 2. The number of carbonyl (C=O) groups is 1. The van der Waals surface area contributed by atoms with Crippen molar-refractivity contribution in [3.05, 3.63) is 58.3 Å². The van der Waals surface area contributed by atoms with Gasteiger partial charge in [0, 0.05) is 32.7 Å². The lowest BCUT2D eigenvalue weighted by Crippen LogP contribution is -2.52. The molecule has 2 amide bonds. The van der Waals surface area contributed by atoms with Crippen molar-refractivity contribution < 1.29 is 13.9 Å². The van der Waals surface area contributed by atoms with Crippen molar-refractivity contribution >= 4 is 27.6 Å². The van der Waals surface area contributed by atoms with Crippen LogP contribution in [0.3, 0.4) is 0 Å². The van der Waals surface area contributed by atoms with E-state index in [1.165, 1.54) is 11.6 Å². The molecule has 3 rings (SSSR count). The molecule has 31 heavy (non-hydrogen) atoms. The van der Waals surface area contributed by atoms with Crippen LogP contribution in [0.25, 0.3) is 0 Å². The van der Waals surface area contributed by atoms with E-state index in [1.807, 2.05) is 17.0 Å². The molecule has 5 nitrogen and oxygen atoms in total. The number of piperazine rings is 1. The molecule has 1 aliphatic rings. The molecule has 1 saturated heterocycles. The average Bonchev–Trinajstić information content (AvgIpc) is 2.74. The number of nitrogens with one attached hydrogen (secondary N) is 1. The minimum Gasteiger partial charge on any atom is -0.492 e. The molecule has 0 aliphatic carbocycles. The Morgan fingerprint density at radius 2 is 1.84 bits per heavy atom. The van der Waals surface area contributed by atoms with Crippen LogP contribution in [0.4, 0.5) is 14.9 Å². The lowest BCUT2D eigenvalue weighted by Gasteiger charge is -2.36. The second-order valence-corrected chi connectivity index (χ2v) is 9.61. The number of halogens is 2. The monoisotopic (exact) mass is 491 g/mol. The first-order valence-electron chi connectivity index (χ1n) is 10.7. The summed E-state index contributed by atoms with van der Waals surface area (Å²) >= 11 is 3.58. The molecule has 0 bridgehead atoms. The van der Waals surface area contributed by atoms with Crippen molar-refractivity contribution in [1.29, 1.82) is 0 Å². The molecule has 1 heterocycles. The van der Waals surface area contributed by atoms with Crippen LogP contribution in [-0.4, -0.2) is 50.3 Å². The SMILES string of the molecule is CC(C)(C)c1ccc(OCCCNC(=O)N2CCN(c3ccccc3F)CC2)c(Br)c1. The van der Waals surface area contributed by atoms with Gasteiger partial charge in [0.1, 0.15) is 11.6 Å². The van der Waals surface area contributed by atoms with Gasteiger partial charge in [-0.05, 0) is 57.6 Å². The van der Waals surface area contributed by atoms with E-state index >= 15 is 0 Å². The van der Waals surface area contributed by atoms with Crippen LogP contribution in [0.5, 0.6) is 5.75 Å². The average molecular weight is 492 g/mol. The molecular formula is C24H31BrFN3O2. The molecule has 0 unspecified atom stereocenters. The number of nitrogens with zero attached hydrogens (tertiary/aromatic N) is 2. The van der Waals surface area contributed by atoms with E-state index in [0.717, 1.165) is 10.2 Å². The third-order valence-electron chi connectivity index (χ3n) is 5.41. The predicted octanol–water partition coefficient (Wildman–Crippen LogP) is 5.19. The third kappa shape index (κ3) is 6.35. The summed E-state index contributed by atoms with van der Waals surface area (Å²) in [5, 5.41) is 2.95. The van der Waals surface area contributed by atoms with E-state index < -0.39 is 0 Å². The fourth-order valence-corrected chi connectivity index (χ4v) is 4.00. The van der Waals surface area contributed by atoms with Crippen LogP contribution in [-0.2, 0) is 5.41 Å². The van der Waals surface area contributed by atoms with Crippen LogP contribution in [0.1, 0.15) is 32.8 Å². The van der Waals surface area contributed by atoms with Crippen LogP contribution in [0.2, 0.25) is 0 Å². The number of hydrogen-bond donors (Lipinski definition) is 1. The lowest BCUT2D eigenvalue weighted by molar-refractivity contribution is 0.193. The van der Waals surface area contributed by atoms with Crippen molar-refractivity contribution in [2.24, 2.45) is 0 Å². The van der Waals surface area contributed by atoms with Gasteiger partial charge in [-0.15, -0.1) is 0 Å². The predicted molar refractivity (Wildman–Crippen MR) is 127 cm³/mol. The highest BCUT2D eigenvalue weighted by Crippen LogP contribution is 2.31. The second-order valence-electron chi connectivity index (χ2n) is 8.75. The summed E-state index contributed by atoms with van der Waals surface area (Å²) in [5.41, 5.74) is 1.93. The smallest absolute Gasteiger partial charge is 0.317 e. The maximum absolute atomic E-state index is 13.9. The Morgan fingerprint density at radius 1 is 1.13 bits per heavy atom. The molecule has 1 aliphatic heterocycles. The van der Waals surface area contributed by atoms with Gasteiger partial charge in [-0.25, -0.2) is 9.18 Å². The van der Waals surface area contributed by atoms with Crippen LogP contribution in [0.15, 0.2) is 46.9 Å². The molecule has 168 valence electrons. The number of urea groups is 1. The molecule has 2 aromatic rings. The fraction of sp³-hybridized carbons (Fsp3) is 0.458. The third-order valence-corrected chi connectivity index (χ3v) is 6.03. The highest BCUT2D eigenvalue weighted by Gasteiger charge is 2.22. The normalized spacial score (nSPS) is 14.5. The first-order valence-corrected chi connectivity index (χ1v) is 11.5. The zero-order valence-corrected chi connectivity index (χ0v) is 20.0. The summed E-state index contributed by atoms with van der Waals surface area (Å²) in [6.07, 6.45) is 0.717. The Morgan fingerprint density at radius 3 is 2.48 bits per heavy atom. The largest absolute Gasteiger partial charge is 0.492 e. The topological polar surface area (TPSA) is 44.8 Å². The first-order chi connectivity index (χ1) is 14.8. The van der Waals surface area contributed by atoms with E-state index in [9.17, 15) is 9.18 Å². The number of rotatable bonds is 6. The Balaban J connectivity index is 1.36. The van der Waals surface area contributed by atoms with E-state index in [-0.39, 0.29) is 17.3 Å². The number of ether oxygens (including phenoxy) is 1. The first kappa shape index (κ1) is 23.4. The standard InChI is InChI=1S/C24H31BrFN3O2/c1-24(2,3)18-9-10-22(19(25)17-18)31-16-6-11-27-23(30)29-14-12-28(13-15-29)21-8-5-4-7-20(21)26/h4-5,7-10,17H,6,11-16H2,1-3H3,(H,27,30). The van der Waals surface area contributed by atoms with Crippen LogP contribution < -0.4 is 15.0 Å². The molecule has 0 spiro atoms. The number of para-hydroxylation sites is 1. The number of hydrogen-bond acceptors (Lipinski definition) is 3. The van der Waals surface area contributed by atoms with Crippen molar-refractivity contribution in [2.75, 3.05) is 44.2 Å². The molecule has 7 heteroatoms. The van der Waals surface area contributed by atoms with Gasteiger partial charge >= 0.3 is 6.03 Å². The van der Waals surface area contributed by atoms with Gasteiger partial charge < -0.3 is 19.9 Å². The summed E-state index contributed by atoms with van der Waals surface area (Å²) in [7, 11) is 0. The van der Waals surface area contributed by atoms with Gasteiger partial charge in [-0.2, -0.15) is 0 Å². The molecule has 0 aromatic heterocycles. The van der Waals surface area contributed by atoms with Crippen molar-refractivity contribution in [3.63, 3.8) is 0 Å². The number of amides is 2. The zero-order chi connectivity index (χ0) is 22.4. The van der Waals surface area contributed by atoms with Crippen LogP contribution >= 0.6 is 15.9 Å². The molecule has 1 N–H and O–H groups in total. The maximum Gasteiger partial charge on any atom is 0.317 e. The Labute approximate surface area is 192 Å². The van der Waals surface area contributed by atoms with E-state index in [0.29, 0.717) is 51.4 Å². The number of anilines is 1. The molecule has 0 saturated carbocycles. The zero-order valence-electron chi connectivity index (χ0n) is 18.5. The lowest BCUT2D eigenvalue weighted by atomic mass is 9.87. The molecule has 1 fully saturated rings. The van der Waals surface area contributed by atoms with Gasteiger partial charge in [0.05, 0.1) is 16.8 Å². The van der Waals surface area contributed by atoms with E-state index in [4.69, 9.17) is 4.74 Å². The van der Waals surface area contributed by atoms with Crippen molar-refractivity contribution in [2.45, 2.75) is 32.6 Å². The highest BCUT2D eigenvalue weighted by atomic mass is 79.9. The summed E-state index contributed by atoms with van der Waals surface area (Å²) in [4.78, 5) is 16.2. The van der Waals surface area contributed by atoms with Gasteiger partial charge in [-0.3, -0.25) is 0 Å². The van der Waals surface area contributed by atoms with Gasteiger partial charge in [0.25, 0.3) is 0 Å². The van der Waals surface area contributed by atoms with Crippen molar-refractivity contribution in [1.82, 2.24) is 10.2 Å². The summed E-state index contributed by atoms with van der Waals surface area (Å²) < 4.78 is 20.7. The quantitative estimate of drug-likeness (QED) is 0.565. The van der Waals surface area contributed by atoms with E-state index in [2.05, 4.69) is 54.2 Å². The number of carbonyl (C=O) groups excluding carboxylic acids is 1. The second kappa shape index (κ2) is 10.4. The molecular weight excluding hydrogens is 461 g/mol. The van der Waals surface area contributed by atoms with Gasteiger partial charge in [0.15, 0.2) is 0 Å². The summed E-state index contributed by atoms with van der Waals surface area (Å²) in [6, 6.07) is 12.8. The minimum atomic E-state index is -0.222. The molecule has 2 aromatic carbocycles.